The molecular weight excluding hydrogens is 850 g/mol. The Bertz CT molecular complexity index is 4200. The first-order chi connectivity index (χ1) is 32.8. The van der Waals surface area contributed by atoms with E-state index in [-0.39, 0.29) is 23.1 Å². The molecule has 0 saturated carbocycles. The monoisotopic (exact) mass is 897 g/mol. The van der Waals surface area contributed by atoms with Crippen LogP contribution in [0.15, 0.2) is 148 Å². The van der Waals surface area contributed by atoms with Crippen LogP contribution in [0.4, 0.5) is 11.4 Å². The van der Waals surface area contributed by atoms with E-state index < -0.39 is 0 Å². The molecule has 6 heterocycles. The van der Waals surface area contributed by atoms with Crippen LogP contribution in [0.1, 0.15) is 78.0 Å². The SMILES string of the molecule is CC(C)(C)c1ccc(N2B3c4cc5nc(-c6ccccc6)oc5cc4-n4c5cc6c(cc5c5c7c(oc8ccccc87)c(c3c54)-c3cc4sc5ccccc5c4cc32)C(C)(C)CCC6(C)C)cc1. The number of aromatic nitrogens is 2. The number of furan rings is 1. The lowest BCUT2D eigenvalue weighted by Crippen LogP contribution is -2.60. The average molecular weight is 898 g/mol. The third-order valence-electron chi connectivity index (χ3n) is 16.2. The zero-order valence-corrected chi connectivity index (χ0v) is 40.2. The predicted molar refractivity (Wildman–Crippen MR) is 287 cm³/mol. The maximum Gasteiger partial charge on any atom is 0.333 e. The Morgan fingerprint density at radius 2 is 1.35 bits per heavy atom. The van der Waals surface area contributed by atoms with E-state index in [2.05, 4.69) is 191 Å². The lowest BCUT2D eigenvalue weighted by molar-refractivity contribution is 0.332. The van der Waals surface area contributed by atoms with Crippen molar-refractivity contribution in [2.24, 2.45) is 0 Å². The Balaban J connectivity index is 1.18. The molecule has 0 bridgehead atoms. The minimum absolute atomic E-state index is 0.00143. The second kappa shape index (κ2) is 12.9. The molecular formula is C61H48BN3O2S. The number of nitrogens with zero attached hydrogens (tertiary/aromatic N) is 3. The molecule has 0 radical (unpaired) electrons. The molecule has 328 valence electrons. The lowest BCUT2D eigenvalue weighted by atomic mass is 9.43. The zero-order valence-electron chi connectivity index (χ0n) is 39.3. The highest BCUT2D eigenvalue weighted by atomic mass is 32.1. The largest absolute Gasteiger partial charge is 0.455 e. The third kappa shape index (κ3) is 5.04. The van der Waals surface area contributed by atoms with E-state index in [1.54, 1.807) is 0 Å². The molecule has 15 rings (SSSR count). The van der Waals surface area contributed by atoms with E-state index in [0.29, 0.717) is 5.89 Å². The van der Waals surface area contributed by atoms with Crippen LogP contribution in [0.5, 0.6) is 0 Å². The van der Waals surface area contributed by atoms with Crippen molar-refractivity contribution in [2.75, 3.05) is 4.81 Å². The molecule has 2 aliphatic heterocycles. The van der Waals surface area contributed by atoms with Crippen molar-refractivity contribution in [3.8, 4) is 28.3 Å². The molecule has 3 aliphatic rings. The van der Waals surface area contributed by atoms with Gasteiger partial charge in [0.15, 0.2) is 5.58 Å². The van der Waals surface area contributed by atoms with Gasteiger partial charge in [0.25, 0.3) is 0 Å². The van der Waals surface area contributed by atoms with Crippen molar-refractivity contribution < 1.29 is 8.83 Å². The molecule has 4 aromatic heterocycles. The molecule has 12 aromatic rings. The molecule has 68 heavy (non-hydrogen) atoms. The highest BCUT2D eigenvalue weighted by Gasteiger charge is 2.47. The Hall–Kier alpha value is -7.09. The van der Waals surface area contributed by atoms with E-state index in [4.69, 9.17) is 13.8 Å². The summed E-state index contributed by atoms with van der Waals surface area (Å²) in [7, 11) is 0. The highest BCUT2D eigenvalue weighted by Crippen LogP contribution is 2.55. The van der Waals surface area contributed by atoms with Crippen molar-refractivity contribution in [3.05, 3.63) is 156 Å². The topological polar surface area (TPSA) is 47.3 Å². The smallest absolute Gasteiger partial charge is 0.333 e. The van der Waals surface area contributed by atoms with Gasteiger partial charge in [0.05, 0.1) is 11.0 Å². The predicted octanol–water partition coefficient (Wildman–Crippen LogP) is 15.7. The number of para-hydroxylation sites is 1. The molecule has 0 spiro atoms. The number of fused-ring (bicyclic) bond motifs is 18. The number of anilines is 2. The second-order valence-electron chi connectivity index (χ2n) is 22.1. The Kier molecular flexibility index (Phi) is 7.40. The van der Waals surface area contributed by atoms with Crippen LogP contribution in [0.25, 0.3) is 103 Å². The number of thiophene rings is 1. The van der Waals surface area contributed by atoms with Crippen LogP contribution >= 0.6 is 11.3 Å². The molecule has 0 N–H and O–H groups in total. The highest BCUT2D eigenvalue weighted by molar-refractivity contribution is 7.25. The Morgan fingerprint density at radius 3 is 2.13 bits per heavy atom. The number of benzene rings is 8. The van der Waals surface area contributed by atoms with Gasteiger partial charge in [-0.3, -0.25) is 0 Å². The summed E-state index contributed by atoms with van der Waals surface area (Å²) in [4.78, 5) is 7.91. The van der Waals surface area contributed by atoms with Crippen molar-refractivity contribution >= 4 is 116 Å². The second-order valence-corrected chi connectivity index (χ2v) is 23.2. The van der Waals surface area contributed by atoms with Crippen molar-refractivity contribution in [2.45, 2.75) is 77.6 Å². The summed E-state index contributed by atoms with van der Waals surface area (Å²) in [6, 6.07) is 52.0. The first-order valence-corrected chi connectivity index (χ1v) is 25.0. The van der Waals surface area contributed by atoms with E-state index in [0.717, 1.165) is 57.4 Å². The number of hydrogen-bond acceptors (Lipinski definition) is 5. The quantitative estimate of drug-likeness (QED) is 0.162. The number of hydrogen-bond donors (Lipinski definition) is 0. The summed E-state index contributed by atoms with van der Waals surface area (Å²) in [5, 5.41) is 7.41. The summed E-state index contributed by atoms with van der Waals surface area (Å²) in [5.41, 5.74) is 19.4. The van der Waals surface area contributed by atoms with Gasteiger partial charge in [-0.25, -0.2) is 4.98 Å². The van der Waals surface area contributed by atoms with E-state index in [9.17, 15) is 0 Å². The van der Waals surface area contributed by atoms with Gasteiger partial charge in [0.2, 0.25) is 5.89 Å². The summed E-state index contributed by atoms with van der Waals surface area (Å²) in [6.07, 6.45) is 2.27. The minimum atomic E-state index is -0.240. The Labute approximate surface area is 398 Å². The van der Waals surface area contributed by atoms with Gasteiger partial charge in [-0.05, 0) is 123 Å². The fraction of sp³-hybridized carbons (Fsp3) is 0.197. The van der Waals surface area contributed by atoms with Gasteiger partial charge in [0, 0.05) is 81.5 Å². The molecule has 0 unspecified atom stereocenters. The molecule has 0 saturated heterocycles. The van der Waals surface area contributed by atoms with Gasteiger partial charge >= 0.3 is 6.85 Å². The summed E-state index contributed by atoms with van der Waals surface area (Å²) >= 11 is 1.88. The van der Waals surface area contributed by atoms with Gasteiger partial charge in [-0.2, -0.15) is 0 Å². The summed E-state index contributed by atoms with van der Waals surface area (Å²) in [6.45, 7) is 16.4. The van der Waals surface area contributed by atoms with E-state index in [1.165, 1.54) is 91.8 Å². The summed E-state index contributed by atoms with van der Waals surface area (Å²) in [5.74, 6) is 0.626. The molecule has 7 heteroatoms. The lowest BCUT2D eigenvalue weighted by Gasteiger charge is -2.42. The zero-order chi connectivity index (χ0) is 45.7. The van der Waals surface area contributed by atoms with Crippen LogP contribution < -0.4 is 15.7 Å². The van der Waals surface area contributed by atoms with Crippen molar-refractivity contribution in [1.82, 2.24) is 9.55 Å². The van der Waals surface area contributed by atoms with Gasteiger partial charge in [0.1, 0.15) is 16.7 Å². The first kappa shape index (κ1) is 39.0. The maximum absolute atomic E-state index is 7.36. The maximum atomic E-state index is 7.36. The van der Waals surface area contributed by atoms with Crippen LogP contribution in [-0.2, 0) is 16.2 Å². The van der Waals surface area contributed by atoms with Crippen LogP contribution in [0, 0.1) is 0 Å². The standard InChI is InChI=1S/C61H48BN3O2S/c1-59(2,3)34-21-23-35(24-22-34)65-46-28-38-36-17-12-14-20-50(36)68-51(38)29-40(46)54-55-56-52(53-37-18-11-13-19-48(37)66-57(53)54)39-27-41-42(61(6,7)26-25-60(41,4)5)30-45(39)64(56)47-32-49-44(31-43(47)62(55)65)63-58(67-49)33-15-9-8-10-16-33/h8-24,27-32H,25-26H2,1-7H3. The molecule has 0 fully saturated rings. The third-order valence-corrected chi connectivity index (χ3v) is 17.3. The normalized spacial score (nSPS) is 15.9. The fourth-order valence-corrected chi connectivity index (χ4v) is 13.7. The minimum Gasteiger partial charge on any atom is -0.455 e. The first-order valence-electron chi connectivity index (χ1n) is 24.2. The van der Waals surface area contributed by atoms with Crippen LogP contribution in [0.3, 0.4) is 0 Å². The van der Waals surface area contributed by atoms with Crippen molar-refractivity contribution in [3.63, 3.8) is 0 Å². The van der Waals surface area contributed by atoms with E-state index in [1.807, 2.05) is 17.4 Å². The number of rotatable bonds is 2. The molecule has 0 amide bonds. The van der Waals surface area contributed by atoms with Crippen LogP contribution in [0.2, 0.25) is 0 Å². The van der Waals surface area contributed by atoms with Gasteiger partial charge < -0.3 is 18.2 Å². The molecule has 5 nitrogen and oxygen atoms in total. The molecule has 1 aliphatic carbocycles. The Morgan fingerprint density at radius 1 is 0.632 bits per heavy atom. The average Bonchev–Trinajstić information content (AvgIpc) is 4.11. The van der Waals surface area contributed by atoms with E-state index >= 15 is 0 Å². The molecule has 8 aromatic carbocycles. The number of oxazole rings is 1. The van der Waals surface area contributed by atoms with Crippen molar-refractivity contribution in [1.29, 1.82) is 0 Å². The van der Waals surface area contributed by atoms with Gasteiger partial charge in [-0.15, -0.1) is 11.3 Å². The molecule has 0 atom stereocenters. The van der Waals surface area contributed by atoms with Gasteiger partial charge in [-0.1, -0.05) is 115 Å². The van der Waals surface area contributed by atoms with Crippen LogP contribution in [-0.4, -0.2) is 16.4 Å². The fourth-order valence-electron chi connectivity index (χ4n) is 12.6. The summed E-state index contributed by atoms with van der Waals surface area (Å²) < 4.78 is 19.3.